The van der Waals surface area contributed by atoms with Gasteiger partial charge in [0.1, 0.15) is 0 Å². The molecule has 1 aromatic heterocycles. The summed E-state index contributed by atoms with van der Waals surface area (Å²) in [5.74, 6) is 1.01. The van der Waals surface area contributed by atoms with Crippen LogP contribution in [0.3, 0.4) is 0 Å². The number of aromatic nitrogens is 2. The third kappa shape index (κ3) is 3.70. The van der Waals surface area contributed by atoms with E-state index in [1.165, 1.54) is 0 Å². The van der Waals surface area contributed by atoms with Gasteiger partial charge in [0, 0.05) is 45.0 Å². The van der Waals surface area contributed by atoms with Gasteiger partial charge >= 0.3 is 0 Å². The van der Waals surface area contributed by atoms with Crippen LogP contribution >= 0.6 is 0 Å². The molecule has 1 aromatic rings. The van der Waals surface area contributed by atoms with Crippen LogP contribution in [0.25, 0.3) is 0 Å². The van der Waals surface area contributed by atoms with Gasteiger partial charge in [0.2, 0.25) is 5.95 Å². The molecule has 5 nitrogen and oxygen atoms in total. The molecule has 1 aliphatic rings. The van der Waals surface area contributed by atoms with Crippen LogP contribution in [0.2, 0.25) is 0 Å². The van der Waals surface area contributed by atoms with Crippen molar-refractivity contribution in [1.29, 1.82) is 0 Å². The van der Waals surface area contributed by atoms with Crippen molar-refractivity contribution in [3.05, 3.63) is 11.9 Å². The minimum Gasteiger partial charge on any atom is -0.354 e. The van der Waals surface area contributed by atoms with Gasteiger partial charge in [-0.05, 0) is 27.4 Å². The Morgan fingerprint density at radius 2 is 2.16 bits per heavy atom. The minimum atomic E-state index is 0.561. The van der Waals surface area contributed by atoms with Crippen LogP contribution in [-0.2, 0) is 6.54 Å². The number of imidazole rings is 1. The molecule has 1 atom stereocenters. The van der Waals surface area contributed by atoms with Crippen molar-refractivity contribution >= 4 is 5.95 Å². The summed E-state index contributed by atoms with van der Waals surface area (Å²) in [6, 6.07) is 0.561. The Balaban J connectivity index is 1.94. The zero-order chi connectivity index (χ0) is 13.8. The first-order chi connectivity index (χ1) is 9.10. The maximum absolute atomic E-state index is 4.58. The maximum atomic E-state index is 4.58. The third-order valence-corrected chi connectivity index (χ3v) is 3.84. The molecule has 1 aliphatic heterocycles. The van der Waals surface area contributed by atoms with Gasteiger partial charge in [0.15, 0.2) is 0 Å². The average molecular weight is 265 g/mol. The fourth-order valence-corrected chi connectivity index (χ4v) is 2.63. The normalized spacial score (nSPS) is 21.8. The lowest BCUT2D eigenvalue weighted by Crippen LogP contribution is -2.52. The highest BCUT2D eigenvalue weighted by Crippen LogP contribution is 2.11. The van der Waals surface area contributed by atoms with Crippen LogP contribution in [0.15, 0.2) is 6.20 Å². The largest absolute Gasteiger partial charge is 0.354 e. The SMILES string of the molecule is CCCn1cc(C)nc1NCC1CN(C)CCN1C. The van der Waals surface area contributed by atoms with Gasteiger partial charge in [0.25, 0.3) is 0 Å². The quantitative estimate of drug-likeness (QED) is 0.869. The van der Waals surface area contributed by atoms with E-state index in [1.807, 2.05) is 0 Å². The summed E-state index contributed by atoms with van der Waals surface area (Å²) in [4.78, 5) is 9.41. The van der Waals surface area contributed by atoms with E-state index in [1.54, 1.807) is 0 Å². The number of hydrogen-bond donors (Lipinski definition) is 1. The van der Waals surface area contributed by atoms with Crippen molar-refractivity contribution in [2.24, 2.45) is 0 Å². The standard InChI is InChI=1S/C14H27N5/c1-5-6-19-10-12(2)16-14(19)15-9-13-11-17(3)7-8-18(13)4/h10,13H,5-9,11H2,1-4H3,(H,15,16). The van der Waals surface area contributed by atoms with Crippen LogP contribution in [-0.4, -0.2) is 65.7 Å². The summed E-state index contributed by atoms with van der Waals surface area (Å²) in [6.07, 6.45) is 3.26. The monoisotopic (exact) mass is 265 g/mol. The molecular weight excluding hydrogens is 238 g/mol. The predicted octanol–water partition coefficient (Wildman–Crippen LogP) is 1.26. The lowest BCUT2D eigenvalue weighted by Gasteiger charge is -2.37. The highest BCUT2D eigenvalue weighted by molar-refractivity contribution is 5.29. The summed E-state index contributed by atoms with van der Waals surface area (Å²) in [5, 5.41) is 3.52. The second-order valence-electron chi connectivity index (χ2n) is 5.68. The summed E-state index contributed by atoms with van der Waals surface area (Å²) in [5.41, 5.74) is 1.09. The number of hydrogen-bond acceptors (Lipinski definition) is 4. The molecule has 0 aliphatic carbocycles. The van der Waals surface area contributed by atoms with E-state index in [2.05, 4.69) is 58.8 Å². The Morgan fingerprint density at radius 3 is 2.89 bits per heavy atom. The first-order valence-corrected chi connectivity index (χ1v) is 7.26. The second-order valence-corrected chi connectivity index (χ2v) is 5.68. The molecule has 19 heavy (non-hydrogen) atoms. The summed E-state index contributed by atoms with van der Waals surface area (Å²) >= 11 is 0. The molecule has 0 saturated carbocycles. The van der Waals surface area contributed by atoms with E-state index < -0.39 is 0 Å². The molecule has 0 amide bonds. The van der Waals surface area contributed by atoms with Gasteiger partial charge in [-0.25, -0.2) is 4.98 Å². The van der Waals surface area contributed by atoms with Crippen molar-refractivity contribution in [1.82, 2.24) is 19.4 Å². The summed E-state index contributed by atoms with van der Waals surface area (Å²) in [7, 11) is 4.41. The van der Waals surface area contributed by atoms with Gasteiger partial charge in [0.05, 0.1) is 5.69 Å². The van der Waals surface area contributed by atoms with Gasteiger partial charge < -0.3 is 14.8 Å². The number of nitrogens with zero attached hydrogens (tertiary/aromatic N) is 4. The van der Waals surface area contributed by atoms with E-state index in [-0.39, 0.29) is 0 Å². The van der Waals surface area contributed by atoms with Crippen LogP contribution in [0.1, 0.15) is 19.0 Å². The fourth-order valence-electron chi connectivity index (χ4n) is 2.63. The lowest BCUT2D eigenvalue weighted by molar-refractivity contribution is 0.121. The molecule has 0 aromatic carbocycles. The Hall–Kier alpha value is -1.07. The molecular formula is C14H27N5. The number of aryl methyl sites for hydroxylation is 2. The first-order valence-electron chi connectivity index (χ1n) is 7.26. The van der Waals surface area contributed by atoms with E-state index >= 15 is 0 Å². The molecule has 0 spiro atoms. The van der Waals surface area contributed by atoms with Gasteiger partial charge in [-0.3, -0.25) is 4.90 Å². The molecule has 5 heteroatoms. The molecule has 0 bridgehead atoms. The van der Waals surface area contributed by atoms with Crippen LogP contribution in [0.4, 0.5) is 5.95 Å². The molecule has 108 valence electrons. The molecule has 1 N–H and O–H groups in total. The number of likely N-dealkylation sites (N-methyl/N-ethyl adjacent to an activating group) is 2. The first kappa shape index (κ1) is 14.3. The summed E-state index contributed by atoms with van der Waals surface area (Å²) < 4.78 is 2.22. The molecule has 1 saturated heterocycles. The number of rotatable bonds is 5. The van der Waals surface area contributed by atoms with Crippen molar-refractivity contribution in [2.75, 3.05) is 45.6 Å². The molecule has 0 radical (unpaired) electrons. The van der Waals surface area contributed by atoms with Crippen LogP contribution in [0.5, 0.6) is 0 Å². The zero-order valence-electron chi connectivity index (χ0n) is 12.7. The van der Waals surface area contributed by atoms with Crippen molar-refractivity contribution in [2.45, 2.75) is 32.9 Å². The lowest BCUT2D eigenvalue weighted by atomic mass is 10.2. The Bertz CT molecular complexity index is 401. The third-order valence-electron chi connectivity index (χ3n) is 3.84. The smallest absolute Gasteiger partial charge is 0.203 e. The molecule has 2 heterocycles. The van der Waals surface area contributed by atoms with Crippen LogP contribution < -0.4 is 5.32 Å². The average Bonchev–Trinajstić information content (AvgIpc) is 2.71. The summed E-state index contributed by atoms with van der Waals surface area (Å²) in [6.45, 7) is 9.67. The van der Waals surface area contributed by atoms with E-state index in [0.29, 0.717) is 6.04 Å². The van der Waals surface area contributed by atoms with Crippen molar-refractivity contribution in [3.8, 4) is 0 Å². The highest BCUT2D eigenvalue weighted by atomic mass is 15.3. The molecule has 2 rings (SSSR count). The van der Waals surface area contributed by atoms with E-state index in [4.69, 9.17) is 0 Å². The van der Waals surface area contributed by atoms with Crippen LogP contribution in [0, 0.1) is 6.92 Å². The fraction of sp³-hybridized carbons (Fsp3) is 0.786. The Kier molecular flexibility index (Phi) is 4.82. The zero-order valence-corrected chi connectivity index (χ0v) is 12.7. The predicted molar refractivity (Wildman–Crippen MR) is 79.7 cm³/mol. The van der Waals surface area contributed by atoms with E-state index in [0.717, 1.165) is 50.8 Å². The number of piperazine rings is 1. The van der Waals surface area contributed by atoms with Gasteiger partial charge in [-0.15, -0.1) is 0 Å². The minimum absolute atomic E-state index is 0.561. The number of nitrogens with one attached hydrogen (secondary N) is 1. The van der Waals surface area contributed by atoms with Gasteiger partial charge in [-0.1, -0.05) is 6.92 Å². The topological polar surface area (TPSA) is 36.3 Å². The van der Waals surface area contributed by atoms with Crippen molar-refractivity contribution < 1.29 is 0 Å². The molecule has 1 unspecified atom stereocenters. The highest BCUT2D eigenvalue weighted by Gasteiger charge is 2.22. The second kappa shape index (κ2) is 6.39. The van der Waals surface area contributed by atoms with Gasteiger partial charge in [-0.2, -0.15) is 0 Å². The Morgan fingerprint density at radius 1 is 1.37 bits per heavy atom. The van der Waals surface area contributed by atoms with E-state index in [9.17, 15) is 0 Å². The molecule has 1 fully saturated rings. The van der Waals surface area contributed by atoms with Crippen molar-refractivity contribution in [3.63, 3.8) is 0 Å². The Labute approximate surface area is 116 Å². The number of anilines is 1. The maximum Gasteiger partial charge on any atom is 0.203 e.